The van der Waals surface area contributed by atoms with Gasteiger partial charge in [0.2, 0.25) is 0 Å². The lowest BCUT2D eigenvalue weighted by Crippen LogP contribution is -2.29. The van der Waals surface area contributed by atoms with Gasteiger partial charge in [0.25, 0.3) is 5.91 Å². The number of carbonyl (C=O) groups excluding carboxylic acids is 1. The predicted octanol–water partition coefficient (Wildman–Crippen LogP) is 4.56. The number of aryl methyl sites for hydroxylation is 1. The fourth-order valence-corrected chi connectivity index (χ4v) is 4.64. The second-order valence-electron chi connectivity index (χ2n) is 10.3. The molecule has 37 heavy (non-hydrogen) atoms. The lowest BCUT2D eigenvalue weighted by molar-refractivity contribution is -0.160. The van der Waals surface area contributed by atoms with E-state index in [0.29, 0.717) is 42.2 Å². The van der Waals surface area contributed by atoms with E-state index in [1.165, 1.54) is 10.6 Å². The second-order valence-corrected chi connectivity index (χ2v) is 10.3. The number of nitrogens with zero attached hydrogens (tertiary/aromatic N) is 3. The number of benzene rings is 1. The van der Waals surface area contributed by atoms with E-state index in [-0.39, 0.29) is 22.9 Å². The van der Waals surface area contributed by atoms with Crippen LogP contribution in [0.3, 0.4) is 0 Å². The van der Waals surface area contributed by atoms with Crippen molar-refractivity contribution < 1.29 is 28.6 Å². The van der Waals surface area contributed by atoms with Crippen molar-refractivity contribution in [2.45, 2.75) is 72.5 Å². The van der Waals surface area contributed by atoms with Gasteiger partial charge >= 0.3 is 5.97 Å². The number of fused-ring (bicyclic) bond motifs is 2. The molecule has 4 rings (SSSR count). The van der Waals surface area contributed by atoms with Crippen molar-refractivity contribution in [3.8, 4) is 17.0 Å². The maximum atomic E-state index is 15.4. The Morgan fingerprint density at radius 3 is 2.68 bits per heavy atom. The second kappa shape index (κ2) is 10.1. The highest BCUT2D eigenvalue weighted by molar-refractivity contribution is 5.93. The Bertz CT molecular complexity index is 1380. The summed E-state index contributed by atoms with van der Waals surface area (Å²) in [5.74, 6) is -1.91. The standard InChI is InChI=1S/C27H33FN4O5/c1-7-10-29-25(33)19-13-20-30-15(3)21(24(26(34)35)37-27(4,5)6)22(32(20)31-19)17-12-18(28)23-16(14(17)2)9-8-11-36-23/h12-13,24H,7-11H2,1-6H3,(H,29,33)(H,34,35). The van der Waals surface area contributed by atoms with Gasteiger partial charge in [-0.3, -0.25) is 4.79 Å². The molecule has 0 radical (unpaired) electrons. The van der Waals surface area contributed by atoms with E-state index >= 15 is 4.39 Å². The number of halogens is 1. The molecule has 0 saturated heterocycles. The maximum Gasteiger partial charge on any atom is 0.337 e. The number of rotatable bonds is 7. The highest BCUT2D eigenvalue weighted by Gasteiger charge is 2.34. The zero-order chi connectivity index (χ0) is 27.1. The first kappa shape index (κ1) is 26.5. The summed E-state index contributed by atoms with van der Waals surface area (Å²) in [6.07, 6.45) is 0.705. The molecule has 0 aliphatic carbocycles. The third kappa shape index (κ3) is 5.16. The van der Waals surface area contributed by atoms with Crippen molar-refractivity contribution in [1.82, 2.24) is 19.9 Å². The molecule has 10 heteroatoms. The number of carbonyl (C=O) groups is 2. The zero-order valence-electron chi connectivity index (χ0n) is 22.1. The highest BCUT2D eigenvalue weighted by atomic mass is 19.1. The average molecular weight is 513 g/mol. The van der Waals surface area contributed by atoms with Crippen LogP contribution in [0.5, 0.6) is 5.75 Å². The average Bonchev–Trinajstić information content (AvgIpc) is 3.26. The molecule has 0 saturated carbocycles. The van der Waals surface area contributed by atoms with E-state index in [1.807, 2.05) is 13.8 Å². The maximum absolute atomic E-state index is 15.4. The van der Waals surface area contributed by atoms with Crippen LogP contribution >= 0.6 is 0 Å². The van der Waals surface area contributed by atoms with Gasteiger partial charge < -0.3 is 19.9 Å². The van der Waals surface area contributed by atoms with E-state index < -0.39 is 23.5 Å². The third-order valence-corrected chi connectivity index (χ3v) is 6.25. The SMILES string of the molecule is CCCNC(=O)c1cc2nc(C)c(C(OC(C)(C)C)C(=O)O)c(-c3cc(F)c4c(c3C)CCCO4)n2n1. The molecule has 3 aromatic rings. The lowest BCUT2D eigenvalue weighted by atomic mass is 9.91. The third-order valence-electron chi connectivity index (χ3n) is 6.25. The molecule has 198 valence electrons. The van der Waals surface area contributed by atoms with Crippen molar-refractivity contribution in [3.63, 3.8) is 0 Å². The molecule has 3 heterocycles. The van der Waals surface area contributed by atoms with Gasteiger partial charge in [0.05, 0.1) is 17.9 Å². The van der Waals surface area contributed by atoms with E-state index in [1.54, 1.807) is 33.8 Å². The molecule has 1 amide bonds. The molecule has 1 aliphatic rings. The van der Waals surface area contributed by atoms with E-state index in [0.717, 1.165) is 24.0 Å². The van der Waals surface area contributed by atoms with Gasteiger partial charge in [0.15, 0.2) is 29.0 Å². The van der Waals surface area contributed by atoms with Crippen molar-refractivity contribution in [1.29, 1.82) is 0 Å². The first-order valence-corrected chi connectivity index (χ1v) is 12.5. The topological polar surface area (TPSA) is 115 Å². The Hall–Kier alpha value is -3.53. The first-order chi connectivity index (χ1) is 17.4. The Balaban J connectivity index is 2.07. The molecule has 1 aliphatic heterocycles. The van der Waals surface area contributed by atoms with Crippen LogP contribution in [-0.4, -0.2) is 50.3 Å². The van der Waals surface area contributed by atoms with Crippen molar-refractivity contribution in [2.24, 2.45) is 0 Å². The molecule has 0 fully saturated rings. The summed E-state index contributed by atoms with van der Waals surface area (Å²) in [5, 5.41) is 17.5. The van der Waals surface area contributed by atoms with E-state index in [9.17, 15) is 14.7 Å². The van der Waals surface area contributed by atoms with Crippen LogP contribution in [0, 0.1) is 19.7 Å². The summed E-state index contributed by atoms with van der Waals surface area (Å²) in [7, 11) is 0. The molecular formula is C27H33FN4O5. The number of nitrogens with one attached hydrogen (secondary N) is 1. The minimum absolute atomic E-state index is 0.127. The zero-order valence-corrected chi connectivity index (χ0v) is 22.1. The Morgan fingerprint density at radius 1 is 1.30 bits per heavy atom. The van der Waals surface area contributed by atoms with E-state index in [2.05, 4.69) is 15.4 Å². The summed E-state index contributed by atoms with van der Waals surface area (Å²) < 4.78 is 28.4. The Labute approximate surface area is 215 Å². The summed E-state index contributed by atoms with van der Waals surface area (Å²) in [4.78, 5) is 29.8. The smallest absolute Gasteiger partial charge is 0.337 e. The number of carboxylic acids is 1. The number of aliphatic carboxylic acids is 1. The quantitative estimate of drug-likeness (QED) is 0.477. The van der Waals surface area contributed by atoms with Crippen molar-refractivity contribution >= 4 is 17.5 Å². The normalized spacial score (nSPS) is 14.2. The largest absolute Gasteiger partial charge is 0.490 e. The van der Waals surface area contributed by atoms with Crippen LogP contribution in [0.15, 0.2) is 12.1 Å². The number of hydrogen-bond acceptors (Lipinski definition) is 6. The van der Waals surface area contributed by atoms with Gasteiger partial charge in [-0.15, -0.1) is 0 Å². The predicted molar refractivity (Wildman–Crippen MR) is 136 cm³/mol. The summed E-state index contributed by atoms with van der Waals surface area (Å²) in [6.45, 7) is 11.7. The van der Waals surface area contributed by atoms with Crippen LogP contribution in [-0.2, 0) is 16.0 Å². The molecule has 2 N–H and O–H groups in total. The highest BCUT2D eigenvalue weighted by Crippen LogP contribution is 2.41. The number of hydrogen-bond donors (Lipinski definition) is 2. The molecule has 1 unspecified atom stereocenters. The number of aromatic nitrogens is 3. The van der Waals surface area contributed by atoms with Crippen molar-refractivity contribution in [3.05, 3.63) is 46.0 Å². The van der Waals surface area contributed by atoms with Crippen molar-refractivity contribution in [2.75, 3.05) is 13.2 Å². The Morgan fingerprint density at radius 2 is 2.03 bits per heavy atom. The van der Waals surface area contributed by atoms with Gasteiger partial charge in [-0.2, -0.15) is 5.10 Å². The molecule has 2 aromatic heterocycles. The summed E-state index contributed by atoms with van der Waals surface area (Å²) in [6, 6.07) is 2.88. The van der Waals surface area contributed by atoms with E-state index in [4.69, 9.17) is 9.47 Å². The first-order valence-electron chi connectivity index (χ1n) is 12.5. The molecule has 1 atom stereocenters. The molecule has 0 bridgehead atoms. The number of amides is 1. The number of carboxylic acid groups (broad SMARTS) is 1. The van der Waals surface area contributed by atoms with Crippen LogP contribution in [0.25, 0.3) is 16.9 Å². The fraction of sp³-hybridized carbons (Fsp3) is 0.481. The monoisotopic (exact) mass is 512 g/mol. The lowest BCUT2D eigenvalue weighted by Gasteiger charge is -2.28. The minimum Gasteiger partial charge on any atom is -0.490 e. The van der Waals surface area contributed by atoms with Crippen LogP contribution in [0.2, 0.25) is 0 Å². The van der Waals surface area contributed by atoms with Gasteiger partial charge in [-0.1, -0.05) is 6.92 Å². The number of ether oxygens (including phenoxy) is 2. The minimum atomic E-state index is -1.41. The van der Waals surface area contributed by atoms with Crippen LogP contribution in [0.4, 0.5) is 4.39 Å². The Kier molecular flexibility index (Phi) is 7.23. The van der Waals surface area contributed by atoms with Gasteiger partial charge in [-0.05, 0) is 65.5 Å². The van der Waals surface area contributed by atoms with Crippen LogP contribution < -0.4 is 10.1 Å². The van der Waals surface area contributed by atoms with Gasteiger partial charge in [0.1, 0.15) is 0 Å². The molecular weight excluding hydrogens is 479 g/mol. The summed E-state index contributed by atoms with van der Waals surface area (Å²) >= 11 is 0. The molecule has 1 aromatic carbocycles. The molecule has 0 spiro atoms. The molecule has 9 nitrogen and oxygen atoms in total. The fourth-order valence-electron chi connectivity index (χ4n) is 4.64. The van der Waals surface area contributed by atoms with Gasteiger partial charge in [-0.25, -0.2) is 18.7 Å². The van der Waals surface area contributed by atoms with Crippen LogP contribution in [0.1, 0.15) is 79.5 Å². The van der Waals surface area contributed by atoms with Gasteiger partial charge in [0, 0.05) is 35.0 Å². The summed E-state index contributed by atoms with van der Waals surface area (Å²) in [5.41, 5.74) is 2.53.